The monoisotopic (exact) mass is 392 g/mol. The molecule has 0 unspecified atom stereocenters. The SMILES string of the molecule is CCCCCCCC/C(I)=C\I. The number of hydrogen-bond acceptors (Lipinski definition) is 0. The van der Waals surface area contributed by atoms with Gasteiger partial charge in [0.15, 0.2) is 0 Å². The molecule has 0 spiro atoms. The molecule has 0 rings (SSSR count). The smallest absolute Gasteiger partial charge is 0.00335 e. The minimum Gasteiger partial charge on any atom is -0.0654 e. The van der Waals surface area contributed by atoms with Crippen molar-refractivity contribution < 1.29 is 0 Å². The summed E-state index contributed by atoms with van der Waals surface area (Å²) in [5.74, 6) is 0. The Labute approximate surface area is 104 Å². The van der Waals surface area contributed by atoms with Gasteiger partial charge in [0.1, 0.15) is 0 Å². The molecule has 0 fully saturated rings. The van der Waals surface area contributed by atoms with Crippen LogP contribution in [0, 0.1) is 0 Å². The maximum absolute atomic E-state index is 2.43. The Morgan fingerprint density at radius 3 is 2.25 bits per heavy atom. The van der Waals surface area contributed by atoms with Gasteiger partial charge in [-0.15, -0.1) is 0 Å². The average Bonchev–Trinajstić information content (AvgIpc) is 2.10. The van der Waals surface area contributed by atoms with Gasteiger partial charge in [-0.2, -0.15) is 0 Å². The Kier molecular flexibility index (Phi) is 11.3. The van der Waals surface area contributed by atoms with Crippen LogP contribution in [0.15, 0.2) is 7.66 Å². The summed E-state index contributed by atoms with van der Waals surface area (Å²) in [5, 5.41) is 0. The largest absolute Gasteiger partial charge is 0.0654 e. The third kappa shape index (κ3) is 9.29. The second kappa shape index (κ2) is 10.3. The summed E-state index contributed by atoms with van der Waals surface area (Å²) in [7, 11) is 0. The van der Waals surface area contributed by atoms with E-state index in [2.05, 4.69) is 56.2 Å². The summed E-state index contributed by atoms with van der Waals surface area (Å²) in [6, 6.07) is 0. The Morgan fingerprint density at radius 2 is 1.67 bits per heavy atom. The molecule has 0 aromatic rings. The minimum atomic E-state index is 1.29. The van der Waals surface area contributed by atoms with E-state index >= 15 is 0 Å². The molecule has 0 saturated heterocycles. The van der Waals surface area contributed by atoms with Gasteiger partial charge < -0.3 is 0 Å². The van der Waals surface area contributed by atoms with E-state index in [1.807, 2.05) is 0 Å². The molecule has 0 N–H and O–H groups in total. The Hall–Kier alpha value is 1.20. The summed E-state index contributed by atoms with van der Waals surface area (Å²) in [6.45, 7) is 2.27. The van der Waals surface area contributed by atoms with Crippen molar-refractivity contribution in [2.45, 2.75) is 51.9 Å². The lowest BCUT2D eigenvalue weighted by atomic mass is 10.1. The van der Waals surface area contributed by atoms with Crippen LogP contribution in [0.1, 0.15) is 51.9 Å². The minimum absolute atomic E-state index is 1.29. The zero-order valence-corrected chi connectivity index (χ0v) is 12.1. The van der Waals surface area contributed by atoms with Gasteiger partial charge in [0.2, 0.25) is 0 Å². The second-order valence-electron chi connectivity index (χ2n) is 3.07. The standard InChI is InChI=1S/C10H18I2/c1-2-3-4-5-6-7-8-10(12)9-11/h9H,2-8H2,1H3/b10-9+. The van der Waals surface area contributed by atoms with Crippen LogP contribution in [0.4, 0.5) is 0 Å². The summed E-state index contributed by atoms with van der Waals surface area (Å²) in [5.41, 5.74) is 0. The van der Waals surface area contributed by atoms with Crippen LogP contribution in [0.5, 0.6) is 0 Å². The van der Waals surface area contributed by atoms with Crippen LogP contribution in [-0.2, 0) is 0 Å². The average molecular weight is 392 g/mol. The van der Waals surface area contributed by atoms with Crippen molar-refractivity contribution in [1.29, 1.82) is 0 Å². The maximum atomic E-state index is 2.43. The van der Waals surface area contributed by atoms with Crippen molar-refractivity contribution in [3.8, 4) is 0 Å². The molecule has 0 heterocycles. The summed E-state index contributed by atoms with van der Waals surface area (Å²) < 4.78 is 3.69. The molecule has 0 aliphatic rings. The predicted molar refractivity (Wildman–Crippen MR) is 74.1 cm³/mol. The molecule has 0 amide bonds. The quantitative estimate of drug-likeness (QED) is 0.400. The Balaban J connectivity index is 3.00. The first-order valence-electron chi connectivity index (χ1n) is 4.76. The molecule has 0 nitrogen and oxygen atoms in total. The van der Waals surface area contributed by atoms with E-state index in [9.17, 15) is 0 Å². The molecule has 12 heavy (non-hydrogen) atoms. The van der Waals surface area contributed by atoms with Crippen molar-refractivity contribution in [1.82, 2.24) is 0 Å². The van der Waals surface area contributed by atoms with E-state index in [-0.39, 0.29) is 0 Å². The van der Waals surface area contributed by atoms with Gasteiger partial charge in [-0.1, -0.05) is 61.6 Å². The summed E-state index contributed by atoms with van der Waals surface area (Å²) >= 11 is 4.75. The van der Waals surface area contributed by atoms with Gasteiger partial charge in [0, 0.05) is 0 Å². The first-order valence-corrected chi connectivity index (χ1v) is 7.08. The van der Waals surface area contributed by atoms with Crippen molar-refractivity contribution in [3.63, 3.8) is 0 Å². The molecule has 0 radical (unpaired) electrons. The lowest BCUT2D eigenvalue weighted by Crippen LogP contribution is -1.78. The molecule has 0 bridgehead atoms. The van der Waals surface area contributed by atoms with Crippen LogP contribution >= 0.6 is 45.2 Å². The molecule has 2 heteroatoms. The van der Waals surface area contributed by atoms with Gasteiger partial charge in [0.05, 0.1) is 0 Å². The molecule has 0 saturated carbocycles. The van der Waals surface area contributed by atoms with E-state index in [0.717, 1.165) is 0 Å². The zero-order valence-electron chi connectivity index (χ0n) is 7.78. The van der Waals surface area contributed by atoms with E-state index in [1.165, 1.54) is 48.5 Å². The fraction of sp³-hybridized carbons (Fsp3) is 0.800. The van der Waals surface area contributed by atoms with Gasteiger partial charge >= 0.3 is 0 Å². The van der Waals surface area contributed by atoms with Crippen LogP contribution in [0.3, 0.4) is 0 Å². The Morgan fingerprint density at radius 1 is 1.08 bits per heavy atom. The fourth-order valence-electron chi connectivity index (χ4n) is 1.13. The molecule has 0 aromatic heterocycles. The van der Waals surface area contributed by atoms with Gasteiger partial charge in [-0.3, -0.25) is 0 Å². The molecular formula is C10H18I2. The number of unbranched alkanes of at least 4 members (excludes halogenated alkanes) is 5. The number of halogens is 2. The van der Waals surface area contributed by atoms with Gasteiger partial charge in [-0.05, 0) is 43.1 Å². The first kappa shape index (κ1) is 13.2. The molecule has 0 aliphatic heterocycles. The highest BCUT2D eigenvalue weighted by molar-refractivity contribution is 14.1. The molecular weight excluding hydrogens is 374 g/mol. The van der Waals surface area contributed by atoms with Crippen LogP contribution in [0.2, 0.25) is 0 Å². The number of allylic oxidation sites excluding steroid dienone is 1. The highest BCUT2D eigenvalue weighted by atomic mass is 127. The van der Waals surface area contributed by atoms with E-state index in [0.29, 0.717) is 0 Å². The topological polar surface area (TPSA) is 0 Å². The van der Waals surface area contributed by atoms with Crippen molar-refractivity contribution >= 4 is 45.2 Å². The van der Waals surface area contributed by atoms with E-state index < -0.39 is 0 Å². The predicted octanol–water partition coefficient (Wildman–Crippen LogP) is 5.45. The number of hydrogen-bond donors (Lipinski definition) is 0. The summed E-state index contributed by atoms with van der Waals surface area (Å²) in [6.07, 6.45) is 9.71. The molecule has 0 aliphatic carbocycles. The highest BCUT2D eigenvalue weighted by Gasteiger charge is 1.92. The van der Waals surface area contributed by atoms with Gasteiger partial charge in [-0.25, -0.2) is 0 Å². The van der Waals surface area contributed by atoms with E-state index in [1.54, 1.807) is 0 Å². The normalized spacial score (nSPS) is 12.1. The van der Waals surface area contributed by atoms with Crippen LogP contribution in [-0.4, -0.2) is 0 Å². The summed E-state index contributed by atoms with van der Waals surface area (Å²) in [4.78, 5) is 0. The lowest BCUT2D eigenvalue weighted by molar-refractivity contribution is 0.611. The Bertz CT molecular complexity index is 119. The lowest BCUT2D eigenvalue weighted by Gasteiger charge is -1.99. The van der Waals surface area contributed by atoms with Crippen molar-refractivity contribution in [2.75, 3.05) is 0 Å². The maximum Gasteiger partial charge on any atom is -0.00335 e. The number of rotatable bonds is 7. The molecule has 72 valence electrons. The fourth-order valence-corrected chi connectivity index (χ4v) is 1.82. The van der Waals surface area contributed by atoms with E-state index in [4.69, 9.17) is 0 Å². The first-order chi connectivity index (χ1) is 5.81. The third-order valence-corrected chi connectivity index (χ3v) is 4.68. The second-order valence-corrected chi connectivity index (χ2v) is 5.08. The van der Waals surface area contributed by atoms with Gasteiger partial charge in [0.25, 0.3) is 0 Å². The van der Waals surface area contributed by atoms with Crippen molar-refractivity contribution in [3.05, 3.63) is 7.66 Å². The highest BCUT2D eigenvalue weighted by Crippen LogP contribution is 2.18. The molecule has 0 aromatic carbocycles. The third-order valence-electron chi connectivity index (χ3n) is 1.89. The van der Waals surface area contributed by atoms with Crippen molar-refractivity contribution in [2.24, 2.45) is 0 Å². The zero-order chi connectivity index (χ0) is 9.23. The van der Waals surface area contributed by atoms with Crippen LogP contribution in [0.25, 0.3) is 0 Å². The van der Waals surface area contributed by atoms with Crippen LogP contribution < -0.4 is 0 Å². The molecule has 0 atom stereocenters.